The van der Waals surface area contributed by atoms with Crippen LogP contribution in [0.15, 0.2) is 36.4 Å². The molecule has 1 atom stereocenters. The minimum Gasteiger partial charge on any atom is -0.454 e. The van der Waals surface area contributed by atoms with Crippen molar-refractivity contribution < 1.29 is 19.1 Å². The molecule has 0 spiro atoms. The van der Waals surface area contributed by atoms with Crippen LogP contribution in [0.4, 0.5) is 0 Å². The van der Waals surface area contributed by atoms with Crippen molar-refractivity contribution in [3.63, 3.8) is 0 Å². The molecule has 32 heavy (non-hydrogen) atoms. The van der Waals surface area contributed by atoms with Crippen molar-refractivity contribution in [2.24, 2.45) is 0 Å². The number of halogens is 2. The predicted molar refractivity (Wildman–Crippen MR) is 125 cm³/mol. The van der Waals surface area contributed by atoms with Gasteiger partial charge in [0.25, 0.3) is 0 Å². The average molecular weight is 479 g/mol. The fraction of sp³-hybridized carbons (Fsp3) is 0.417. The molecule has 0 fully saturated rings. The Bertz CT molecular complexity index is 1000. The molecular formula is C24H28Cl2N2O4. The van der Waals surface area contributed by atoms with E-state index in [0.717, 1.165) is 11.1 Å². The van der Waals surface area contributed by atoms with Crippen LogP contribution in [0.2, 0.25) is 10.0 Å². The molecule has 1 N–H and O–H groups in total. The SMILES string of the molecule is C[C@H](C(=O)NC(C)(C)C)N(Cc1ccc(Cl)cc1Cl)C(=O)CCc1ccc2c(c1)OCO2. The van der Waals surface area contributed by atoms with Gasteiger partial charge in [0, 0.05) is 28.5 Å². The van der Waals surface area contributed by atoms with Crippen molar-refractivity contribution in [2.45, 2.75) is 58.7 Å². The molecule has 2 aromatic carbocycles. The number of rotatable bonds is 7. The van der Waals surface area contributed by atoms with Crippen molar-refractivity contribution in [1.29, 1.82) is 0 Å². The van der Waals surface area contributed by atoms with Gasteiger partial charge in [0.05, 0.1) is 0 Å². The Hall–Kier alpha value is -2.44. The van der Waals surface area contributed by atoms with E-state index in [-0.39, 0.29) is 31.6 Å². The monoisotopic (exact) mass is 478 g/mol. The van der Waals surface area contributed by atoms with Gasteiger partial charge in [0.1, 0.15) is 6.04 Å². The quantitative estimate of drug-likeness (QED) is 0.608. The van der Waals surface area contributed by atoms with Crippen LogP contribution < -0.4 is 14.8 Å². The molecule has 2 amide bonds. The lowest BCUT2D eigenvalue weighted by atomic mass is 10.1. The van der Waals surface area contributed by atoms with Crippen molar-refractivity contribution in [2.75, 3.05) is 6.79 Å². The number of carbonyl (C=O) groups is 2. The summed E-state index contributed by atoms with van der Waals surface area (Å²) in [6, 6.07) is 10.1. The number of hydrogen-bond acceptors (Lipinski definition) is 4. The molecule has 0 bridgehead atoms. The van der Waals surface area contributed by atoms with Gasteiger partial charge >= 0.3 is 0 Å². The van der Waals surface area contributed by atoms with Crippen LogP contribution in [0.1, 0.15) is 45.2 Å². The van der Waals surface area contributed by atoms with Crippen LogP contribution in [0.5, 0.6) is 11.5 Å². The number of aryl methyl sites for hydroxylation is 1. The normalized spacial score (nSPS) is 13.6. The maximum atomic E-state index is 13.3. The zero-order chi connectivity index (χ0) is 23.5. The van der Waals surface area contributed by atoms with Gasteiger partial charge in [-0.25, -0.2) is 0 Å². The maximum absolute atomic E-state index is 13.3. The molecule has 0 aliphatic carbocycles. The number of ether oxygens (including phenoxy) is 2. The zero-order valence-corrected chi connectivity index (χ0v) is 20.2. The summed E-state index contributed by atoms with van der Waals surface area (Å²) in [5.41, 5.74) is 1.27. The van der Waals surface area contributed by atoms with E-state index >= 15 is 0 Å². The second-order valence-corrected chi connectivity index (χ2v) is 9.70. The summed E-state index contributed by atoms with van der Waals surface area (Å²) >= 11 is 12.4. The second kappa shape index (κ2) is 10.0. The number of benzene rings is 2. The van der Waals surface area contributed by atoms with Crippen molar-refractivity contribution in [3.05, 3.63) is 57.6 Å². The Morgan fingerprint density at radius 1 is 1.09 bits per heavy atom. The second-order valence-electron chi connectivity index (χ2n) is 8.86. The molecular weight excluding hydrogens is 451 g/mol. The van der Waals surface area contributed by atoms with E-state index in [4.69, 9.17) is 32.7 Å². The van der Waals surface area contributed by atoms with Crippen molar-refractivity contribution in [3.8, 4) is 11.5 Å². The van der Waals surface area contributed by atoms with E-state index in [1.54, 1.807) is 30.0 Å². The summed E-state index contributed by atoms with van der Waals surface area (Å²) < 4.78 is 10.8. The lowest BCUT2D eigenvalue weighted by molar-refractivity contribution is -0.141. The minimum atomic E-state index is -0.676. The van der Waals surface area contributed by atoms with Gasteiger partial charge in [-0.1, -0.05) is 35.3 Å². The van der Waals surface area contributed by atoms with Crippen LogP contribution in [-0.4, -0.2) is 35.1 Å². The summed E-state index contributed by atoms with van der Waals surface area (Å²) in [5, 5.41) is 3.91. The van der Waals surface area contributed by atoms with Gasteiger partial charge in [-0.3, -0.25) is 9.59 Å². The molecule has 1 aliphatic heterocycles. The molecule has 0 saturated heterocycles. The highest BCUT2D eigenvalue weighted by Crippen LogP contribution is 2.33. The van der Waals surface area contributed by atoms with E-state index < -0.39 is 11.6 Å². The molecule has 8 heteroatoms. The van der Waals surface area contributed by atoms with Gasteiger partial charge in [0.15, 0.2) is 11.5 Å². The minimum absolute atomic E-state index is 0.148. The first-order valence-electron chi connectivity index (χ1n) is 10.5. The first-order chi connectivity index (χ1) is 15.0. The topological polar surface area (TPSA) is 67.9 Å². The first kappa shape index (κ1) is 24.2. The number of carbonyl (C=O) groups excluding carboxylic acids is 2. The van der Waals surface area contributed by atoms with E-state index in [1.165, 1.54) is 0 Å². The van der Waals surface area contributed by atoms with E-state index in [1.807, 2.05) is 39.0 Å². The molecule has 0 saturated carbocycles. The van der Waals surface area contributed by atoms with Gasteiger partial charge in [-0.15, -0.1) is 0 Å². The van der Waals surface area contributed by atoms with Crippen LogP contribution in [0.3, 0.4) is 0 Å². The number of nitrogens with zero attached hydrogens (tertiary/aromatic N) is 1. The Labute approximate surface area is 198 Å². The van der Waals surface area contributed by atoms with Crippen molar-refractivity contribution in [1.82, 2.24) is 10.2 Å². The summed E-state index contributed by atoms with van der Waals surface area (Å²) in [7, 11) is 0. The lowest BCUT2D eigenvalue weighted by Crippen LogP contribution is -2.52. The number of nitrogens with one attached hydrogen (secondary N) is 1. The summed E-state index contributed by atoms with van der Waals surface area (Å²) in [4.78, 5) is 27.7. The zero-order valence-electron chi connectivity index (χ0n) is 18.7. The number of amides is 2. The maximum Gasteiger partial charge on any atom is 0.242 e. The summed E-state index contributed by atoms with van der Waals surface area (Å²) in [6.45, 7) is 7.84. The predicted octanol–water partition coefficient (Wildman–Crippen LogP) is 4.99. The molecule has 0 aromatic heterocycles. The van der Waals surface area contributed by atoms with Crippen LogP contribution in [-0.2, 0) is 22.6 Å². The average Bonchev–Trinajstić information content (AvgIpc) is 3.17. The van der Waals surface area contributed by atoms with Gasteiger partial charge in [-0.05, 0) is 69.5 Å². The molecule has 6 nitrogen and oxygen atoms in total. The van der Waals surface area contributed by atoms with Crippen molar-refractivity contribution >= 4 is 35.0 Å². The van der Waals surface area contributed by atoms with Crippen LogP contribution in [0.25, 0.3) is 0 Å². The largest absolute Gasteiger partial charge is 0.454 e. The Balaban J connectivity index is 1.76. The Morgan fingerprint density at radius 3 is 2.50 bits per heavy atom. The number of hydrogen-bond donors (Lipinski definition) is 1. The fourth-order valence-electron chi connectivity index (χ4n) is 3.38. The van der Waals surface area contributed by atoms with Gasteiger partial charge < -0.3 is 19.7 Å². The van der Waals surface area contributed by atoms with Crippen LogP contribution in [0, 0.1) is 0 Å². The molecule has 2 aromatic rings. The summed E-state index contributed by atoms with van der Waals surface area (Å²) in [5.74, 6) is 1.01. The standard InChI is InChI=1S/C24H28Cl2N2O4/c1-15(23(30)27-24(2,3)4)28(13-17-7-8-18(25)12-19(17)26)22(29)10-6-16-5-9-20-21(11-16)32-14-31-20/h5,7-9,11-12,15H,6,10,13-14H2,1-4H3,(H,27,30)/t15-/m1/s1. The highest BCUT2D eigenvalue weighted by molar-refractivity contribution is 6.35. The van der Waals surface area contributed by atoms with E-state index in [2.05, 4.69) is 5.32 Å². The van der Waals surface area contributed by atoms with Gasteiger partial charge in [0.2, 0.25) is 18.6 Å². The number of fused-ring (bicyclic) bond motifs is 1. The van der Waals surface area contributed by atoms with Crippen LogP contribution >= 0.6 is 23.2 Å². The molecule has 172 valence electrons. The lowest BCUT2D eigenvalue weighted by Gasteiger charge is -2.31. The molecule has 1 aliphatic rings. The Morgan fingerprint density at radius 2 is 1.81 bits per heavy atom. The Kier molecular flexibility index (Phi) is 7.57. The third-order valence-electron chi connectivity index (χ3n) is 5.09. The van der Waals surface area contributed by atoms with E-state index in [0.29, 0.717) is 28.0 Å². The van der Waals surface area contributed by atoms with E-state index in [9.17, 15) is 9.59 Å². The molecule has 0 unspecified atom stereocenters. The third kappa shape index (κ3) is 6.30. The first-order valence-corrected chi connectivity index (χ1v) is 11.2. The smallest absolute Gasteiger partial charge is 0.242 e. The van der Waals surface area contributed by atoms with Gasteiger partial charge in [-0.2, -0.15) is 0 Å². The molecule has 3 rings (SSSR count). The summed E-state index contributed by atoms with van der Waals surface area (Å²) in [6.07, 6.45) is 0.742. The molecule has 1 heterocycles. The molecule has 0 radical (unpaired) electrons. The fourth-order valence-corrected chi connectivity index (χ4v) is 3.85. The highest BCUT2D eigenvalue weighted by Gasteiger charge is 2.28. The highest BCUT2D eigenvalue weighted by atomic mass is 35.5. The third-order valence-corrected chi connectivity index (χ3v) is 5.67.